The largest absolute Gasteiger partial charge is 0.383 e. The molecule has 216 valence electrons. The summed E-state index contributed by atoms with van der Waals surface area (Å²) in [6.45, 7) is 7.42. The third-order valence-electron chi connectivity index (χ3n) is 6.59. The molecular formula is C32H40FN7O. The van der Waals surface area contributed by atoms with Crippen molar-refractivity contribution in [1.82, 2.24) is 15.3 Å². The van der Waals surface area contributed by atoms with Crippen molar-refractivity contribution < 1.29 is 9.18 Å². The Morgan fingerprint density at radius 1 is 1.24 bits per heavy atom. The Labute approximate surface area is 242 Å². The smallest absolute Gasteiger partial charge is 0.255 e. The number of carbonyl (C=O) groups is 1. The fourth-order valence-electron chi connectivity index (χ4n) is 4.44. The van der Waals surface area contributed by atoms with Gasteiger partial charge in [-0.1, -0.05) is 38.5 Å². The van der Waals surface area contributed by atoms with Crippen LogP contribution in [0.15, 0.2) is 59.9 Å². The second-order valence-corrected chi connectivity index (χ2v) is 9.77. The maximum Gasteiger partial charge on any atom is 0.255 e. The molecule has 1 aromatic carbocycles. The molecule has 1 aliphatic heterocycles. The molecule has 0 spiro atoms. The molecule has 0 saturated heterocycles. The van der Waals surface area contributed by atoms with Crippen LogP contribution in [-0.4, -0.2) is 42.0 Å². The molecule has 5 N–H and O–H groups in total. The van der Waals surface area contributed by atoms with Crippen LogP contribution in [0.1, 0.15) is 79.5 Å². The lowest BCUT2D eigenvalue weighted by molar-refractivity contribution is 0.0940. The van der Waals surface area contributed by atoms with E-state index < -0.39 is 0 Å². The lowest BCUT2D eigenvalue weighted by Gasteiger charge is -2.22. The molecule has 41 heavy (non-hydrogen) atoms. The molecule has 3 aromatic rings. The third kappa shape index (κ3) is 8.21. The number of aromatic nitrogens is 2. The number of halogens is 1. The second-order valence-electron chi connectivity index (χ2n) is 9.77. The van der Waals surface area contributed by atoms with Crippen molar-refractivity contribution in [2.45, 2.75) is 52.5 Å². The summed E-state index contributed by atoms with van der Waals surface area (Å²) in [5.74, 6) is 4.38. The van der Waals surface area contributed by atoms with Gasteiger partial charge in [0.2, 0.25) is 0 Å². The average molecular weight is 558 g/mol. The summed E-state index contributed by atoms with van der Waals surface area (Å²) in [4.78, 5) is 26.3. The number of allylic oxidation sites excluding steroid dienone is 2. The van der Waals surface area contributed by atoms with Crippen LogP contribution < -0.4 is 21.3 Å². The standard InChI is InChI=1S/C17H20FN3O.C15H20N4/c1-3-10-19-16-15(5-4-11-20-16)17(22)21-12(2)13-6-8-14(18)9-7-13;1-4-6-8-11(7-5-2)12-9-17-15-13(12)14(16)18-10-19(15)3/h4-9,11-12H,3,10H2,1-2H3,(H,19,20)(H,21,22);1,8-9,17H,5-7,10H2,2-3H3,(H2,16,18)/b;11-8+. The summed E-state index contributed by atoms with van der Waals surface area (Å²) in [5, 5.41) is 6.05. The van der Waals surface area contributed by atoms with Gasteiger partial charge < -0.3 is 26.3 Å². The Morgan fingerprint density at radius 3 is 2.68 bits per heavy atom. The highest BCUT2D eigenvalue weighted by atomic mass is 19.1. The first-order valence-electron chi connectivity index (χ1n) is 13.9. The fourth-order valence-corrected chi connectivity index (χ4v) is 4.44. The monoisotopic (exact) mass is 557 g/mol. The molecule has 3 heterocycles. The molecule has 0 saturated carbocycles. The number of amides is 1. The van der Waals surface area contributed by atoms with Crippen LogP contribution in [0, 0.1) is 18.2 Å². The van der Waals surface area contributed by atoms with E-state index in [9.17, 15) is 9.18 Å². The van der Waals surface area contributed by atoms with Crippen LogP contribution in [0.5, 0.6) is 0 Å². The number of H-pyrrole nitrogens is 1. The van der Waals surface area contributed by atoms with Gasteiger partial charge in [-0.05, 0) is 55.2 Å². The van der Waals surface area contributed by atoms with Crippen molar-refractivity contribution in [3.8, 4) is 12.3 Å². The van der Waals surface area contributed by atoms with E-state index in [0.717, 1.165) is 48.3 Å². The van der Waals surface area contributed by atoms with E-state index in [2.05, 4.69) is 49.4 Å². The Hall–Kier alpha value is -4.58. The van der Waals surface area contributed by atoms with Gasteiger partial charge in [0.05, 0.1) is 17.2 Å². The molecule has 2 aromatic heterocycles. The molecule has 9 heteroatoms. The van der Waals surface area contributed by atoms with Crippen molar-refractivity contribution in [3.63, 3.8) is 0 Å². The molecule has 0 bridgehead atoms. The molecule has 0 fully saturated rings. The maximum absolute atomic E-state index is 12.9. The van der Waals surface area contributed by atoms with Crippen LogP contribution >= 0.6 is 0 Å². The molecule has 1 aliphatic rings. The number of fused-ring (bicyclic) bond motifs is 1. The number of rotatable bonds is 10. The maximum atomic E-state index is 12.9. The minimum absolute atomic E-state index is 0.205. The van der Waals surface area contributed by atoms with Gasteiger partial charge >= 0.3 is 0 Å². The lowest BCUT2D eigenvalue weighted by atomic mass is 9.98. The molecule has 4 rings (SSSR count). The number of nitrogens with one attached hydrogen (secondary N) is 3. The number of hydrogen-bond acceptors (Lipinski definition) is 6. The molecule has 1 unspecified atom stereocenters. The quantitative estimate of drug-likeness (QED) is 0.233. The zero-order chi connectivity index (χ0) is 29.8. The van der Waals surface area contributed by atoms with Crippen molar-refractivity contribution in [1.29, 1.82) is 0 Å². The zero-order valence-electron chi connectivity index (χ0n) is 24.3. The summed E-state index contributed by atoms with van der Waals surface area (Å²) in [5.41, 5.74) is 10.8. The molecule has 0 radical (unpaired) electrons. The van der Waals surface area contributed by atoms with Crippen molar-refractivity contribution in [3.05, 3.63) is 82.9 Å². The number of carbonyl (C=O) groups excluding carboxylic acids is 1. The number of terminal acetylenes is 1. The third-order valence-corrected chi connectivity index (χ3v) is 6.59. The van der Waals surface area contributed by atoms with E-state index in [1.807, 2.05) is 27.1 Å². The number of amidine groups is 1. The van der Waals surface area contributed by atoms with Gasteiger partial charge in [0.25, 0.3) is 5.91 Å². The average Bonchev–Trinajstić information content (AvgIpc) is 3.43. The Balaban J connectivity index is 0.000000228. The topological polar surface area (TPSA) is 111 Å². The van der Waals surface area contributed by atoms with E-state index in [0.29, 0.717) is 30.3 Å². The van der Waals surface area contributed by atoms with Gasteiger partial charge in [-0.2, -0.15) is 0 Å². The van der Waals surface area contributed by atoms with Gasteiger partial charge in [-0.25, -0.2) is 14.4 Å². The predicted molar refractivity (Wildman–Crippen MR) is 166 cm³/mol. The van der Waals surface area contributed by atoms with Crippen LogP contribution in [0.3, 0.4) is 0 Å². The van der Waals surface area contributed by atoms with E-state index in [4.69, 9.17) is 12.2 Å². The number of aliphatic imine (C=N–C) groups is 1. The number of pyridine rings is 1. The van der Waals surface area contributed by atoms with E-state index in [-0.39, 0.29) is 17.8 Å². The molecule has 0 aliphatic carbocycles. The SMILES string of the molecule is C#CC/C=C(\CCC)c1c[nH]c2c1C(N)=NCN2C.CCCNc1ncccc1C(=O)NC(C)c1ccc(F)cc1. The van der Waals surface area contributed by atoms with Crippen LogP contribution in [-0.2, 0) is 0 Å². The summed E-state index contributed by atoms with van der Waals surface area (Å²) in [6.07, 6.45) is 14.8. The summed E-state index contributed by atoms with van der Waals surface area (Å²) < 4.78 is 12.9. The van der Waals surface area contributed by atoms with E-state index in [1.54, 1.807) is 30.5 Å². The van der Waals surface area contributed by atoms with Crippen LogP contribution in [0.25, 0.3) is 5.57 Å². The number of benzene rings is 1. The number of hydrogen-bond donors (Lipinski definition) is 4. The van der Waals surface area contributed by atoms with Crippen molar-refractivity contribution >= 4 is 29.0 Å². The summed E-state index contributed by atoms with van der Waals surface area (Å²) >= 11 is 0. The van der Waals surface area contributed by atoms with Gasteiger partial charge in [-0.15, -0.1) is 12.3 Å². The number of anilines is 2. The highest BCUT2D eigenvalue weighted by molar-refractivity contribution is 6.07. The van der Waals surface area contributed by atoms with Gasteiger partial charge in [0, 0.05) is 38.0 Å². The highest BCUT2D eigenvalue weighted by Crippen LogP contribution is 2.32. The molecule has 1 atom stereocenters. The summed E-state index contributed by atoms with van der Waals surface area (Å²) in [7, 11) is 2.00. The Kier molecular flexibility index (Phi) is 11.5. The second kappa shape index (κ2) is 15.3. The zero-order valence-corrected chi connectivity index (χ0v) is 24.3. The van der Waals surface area contributed by atoms with Gasteiger partial charge in [-0.3, -0.25) is 4.79 Å². The first kappa shape index (κ1) is 31.0. The normalized spacial score (nSPS) is 13.2. The van der Waals surface area contributed by atoms with E-state index in [1.165, 1.54) is 17.7 Å². The number of nitrogens with zero attached hydrogens (tertiary/aromatic N) is 3. The Bertz CT molecular complexity index is 1400. The number of aromatic amines is 1. The van der Waals surface area contributed by atoms with Gasteiger partial charge in [0.15, 0.2) is 0 Å². The van der Waals surface area contributed by atoms with Gasteiger partial charge in [0.1, 0.15) is 30.0 Å². The highest BCUT2D eigenvalue weighted by Gasteiger charge is 2.22. The van der Waals surface area contributed by atoms with Crippen molar-refractivity contribution in [2.75, 3.05) is 30.5 Å². The first-order chi connectivity index (χ1) is 19.8. The van der Waals surface area contributed by atoms with Crippen LogP contribution in [0.4, 0.5) is 16.0 Å². The van der Waals surface area contributed by atoms with E-state index >= 15 is 0 Å². The lowest BCUT2D eigenvalue weighted by Crippen LogP contribution is -2.29. The minimum atomic E-state index is -0.291. The molecular weight excluding hydrogens is 517 g/mol. The number of nitrogens with two attached hydrogens (primary N) is 1. The Morgan fingerprint density at radius 2 is 2.00 bits per heavy atom. The van der Waals surface area contributed by atoms with Crippen molar-refractivity contribution in [2.24, 2.45) is 10.7 Å². The first-order valence-corrected chi connectivity index (χ1v) is 13.9. The molecule has 1 amide bonds. The fraction of sp³-hybridized carbons (Fsp3) is 0.344. The van der Waals surface area contributed by atoms with Crippen LogP contribution in [0.2, 0.25) is 0 Å². The summed E-state index contributed by atoms with van der Waals surface area (Å²) in [6, 6.07) is 9.35. The molecule has 8 nitrogen and oxygen atoms in total. The predicted octanol–water partition coefficient (Wildman–Crippen LogP) is 5.87. The minimum Gasteiger partial charge on any atom is -0.383 e.